The fourth-order valence-electron chi connectivity index (χ4n) is 4.25. The average molecular weight is 306 g/mol. The standard InChI is InChI=1S/C18H18N4O/c23-18(14-9-19-15-4-2-1-3-13(14)15)22-6-5-11-7-12(22)8-16-17(11)21-10-20-16/h1-4,9-12,19H,5-8H2,(H,20,21). The summed E-state index contributed by atoms with van der Waals surface area (Å²) in [4.78, 5) is 26.1. The van der Waals surface area contributed by atoms with Crippen LogP contribution >= 0.6 is 0 Å². The van der Waals surface area contributed by atoms with E-state index in [0.717, 1.165) is 42.3 Å². The van der Waals surface area contributed by atoms with Gasteiger partial charge in [0.15, 0.2) is 0 Å². The lowest BCUT2D eigenvalue weighted by molar-refractivity contribution is 0.0573. The number of benzene rings is 1. The number of H-pyrrole nitrogens is 2. The zero-order chi connectivity index (χ0) is 15.4. The second-order valence-corrected chi connectivity index (χ2v) is 6.59. The van der Waals surface area contributed by atoms with Crippen LogP contribution in [0.25, 0.3) is 10.9 Å². The second kappa shape index (κ2) is 4.72. The van der Waals surface area contributed by atoms with Gasteiger partial charge < -0.3 is 14.9 Å². The third kappa shape index (κ3) is 1.86. The number of hydrogen-bond acceptors (Lipinski definition) is 2. The van der Waals surface area contributed by atoms with E-state index in [2.05, 4.69) is 19.9 Å². The van der Waals surface area contributed by atoms with Gasteiger partial charge in [0.2, 0.25) is 0 Å². The fourth-order valence-corrected chi connectivity index (χ4v) is 4.25. The molecule has 2 atom stereocenters. The average Bonchev–Trinajstić information content (AvgIpc) is 3.21. The highest BCUT2D eigenvalue weighted by atomic mass is 16.2. The minimum absolute atomic E-state index is 0.147. The molecule has 2 aromatic heterocycles. The van der Waals surface area contributed by atoms with Crippen LogP contribution in [0, 0.1) is 0 Å². The maximum atomic E-state index is 13.1. The molecule has 0 radical (unpaired) electrons. The Kier molecular flexibility index (Phi) is 2.65. The highest BCUT2D eigenvalue weighted by Crippen LogP contribution is 2.39. The molecule has 0 spiro atoms. The highest BCUT2D eigenvalue weighted by Gasteiger charge is 2.39. The lowest BCUT2D eigenvalue weighted by Crippen LogP contribution is -2.48. The number of imidazole rings is 1. The molecule has 1 aromatic carbocycles. The molecule has 2 unspecified atom stereocenters. The molecular formula is C18H18N4O. The predicted molar refractivity (Wildman–Crippen MR) is 87.4 cm³/mol. The van der Waals surface area contributed by atoms with Crippen LogP contribution in [0.2, 0.25) is 0 Å². The van der Waals surface area contributed by atoms with Crippen molar-refractivity contribution in [1.29, 1.82) is 0 Å². The number of amides is 1. The Morgan fingerprint density at radius 3 is 3.13 bits per heavy atom. The molecule has 116 valence electrons. The van der Waals surface area contributed by atoms with Gasteiger partial charge >= 0.3 is 0 Å². The summed E-state index contributed by atoms with van der Waals surface area (Å²) >= 11 is 0. The molecule has 1 fully saturated rings. The molecule has 5 heteroatoms. The van der Waals surface area contributed by atoms with Crippen molar-refractivity contribution in [2.45, 2.75) is 31.2 Å². The molecule has 5 rings (SSSR count). The Labute approximate surface area is 133 Å². The first kappa shape index (κ1) is 12.9. The molecule has 5 nitrogen and oxygen atoms in total. The second-order valence-electron chi connectivity index (χ2n) is 6.59. The minimum atomic E-state index is 0.147. The lowest BCUT2D eigenvalue weighted by Gasteiger charge is -2.42. The van der Waals surface area contributed by atoms with Gasteiger partial charge in [-0.05, 0) is 18.9 Å². The first-order valence-electron chi connectivity index (χ1n) is 8.20. The topological polar surface area (TPSA) is 64.8 Å². The van der Waals surface area contributed by atoms with Crippen molar-refractivity contribution in [3.63, 3.8) is 0 Å². The highest BCUT2D eigenvalue weighted by molar-refractivity contribution is 6.06. The number of piperidine rings is 1. The number of carbonyl (C=O) groups excluding carboxylic acids is 1. The van der Waals surface area contributed by atoms with Crippen LogP contribution in [0.5, 0.6) is 0 Å². The number of nitrogens with zero attached hydrogens (tertiary/aromatic N) is 2. The summed E-state index contributed by atoms with van der Waals surface area (Å²) in [5, 5.41) is 1.01. The van der Waals surface area contributed by atoms with Crippen LogP contribution in [-0.2, 0) is 6.42 Å². The largest absolute Gasteiger partial charge is 0.360 e. The van der Waals surface area contributed by atoms with E-state index in [0.29, 0.717) is 5.92 Å². The minimum Gasteiger partial charge on any atom is -0.360 e. The first-order chi connectivity index (χ1) is 11.3. The van der Waals surface area contributed by atoms with E-state index >= 15 is 0 Å². The number of carbonyl (C=O) groups is 1. The molecule has 1 saturated heterocycles. The smallest absolute Gasteiger partial charge is 0.256 e. The van der Waals surface area contributed by atoms with Crippen LogP contribution in [0.4, 0.5) is 0 Å². The van der Waals surface area contributed by atoms with E-state index in [4.69, 9.17) is 0 Å². The van der Waals surface area contributed by atoms with Crippen LogP contribution in [0.1, 0.15) is 40.5 Å². The van der Waals surface area contributed by atoms with Crippen molar-refractivity contribution in [3.05, 3.63) is 53.7 Å². The molecule has 1 amide bonds. The molecule has 2 N–H and O–H groups in total. The summed E-state index contributed by atoms with van der Waals surface area (Å²) in [6.07, 6.45) is 6.56. The summed E-state index contributed by atoms with van der Waals surface area (Å²) < 4.78 is 0. The van der Waals surface area contributed by atoms with Crippen molar-refractivity contribution < 1.29 is 4.79 Å². The Balaban J connectivity index is 1.50. The van der Waals surface area contributed by atoms with Gasteiger partial charge in [-0.3, -0.25) is 4.79 Å². The van der Waals surface area contributed by atoms with E-state index in [1.165, 1.54) is 11.4 Å². The maximum Gasteiger partial charge on any atom is 0.256 e. The number of hydrogen-bond donors (Lipinski definition) is 2. The van der Waals surface area contributed by atoms with Crippen molar-refractivity contribution in [2.75, 3.05) is 6.54 Å². The molecule has 0 saturated carbocycles. The van der Waals surface area contributed by atoms with Gasteiger partial charge in [-0.15, -0.1) is 0 Å². The monoisotopic (exact) mass is 306 g/mol. The van der Waals surface area contributed by atoms with Gasteiger partial charge in [-0.1, -0.05) is 18.2 Å². The Bertz CT molecular complexity index is 893. The van der Waals surface area contributed by atoms with Crippen LogP contribution in [0.3, 0.4) is 0 Å². The third-order valence-electron chi connectivity index (χ3n) is 5.37. The summed E-state index contributed by atoms with van der Waals surface area (Å²) in [7, 11) is 0. The lowest BCUT2D eigenvalue weighted by atomic mass is 9.80. The van der Waals surface area contributed by atoms with Gasteiger partial charge in [0.05, 0.1) is 17.6 Å². The number of fused-ring (bicyclic) bond motifs is 5. The molecule has 2 aliphatic rings. The Hall–Kier alpha value is -2.56. The molecule has 1 aliphatic carbocycles. The summed E-state index contributed by atoms with van der Waals surface area (Å²) in [6, 6.07) is 8.27. The van der Waals surface area contributed by atoms with Crippen LogP contribution in [-0.4, -0.2) is 38.3 Å². The molecule has 2 bridgehead atoms. The molecule has 3 aromatic rings. The maximum absolute atomic E-state index is 13.1. The van der Waals surface area contributed by atoms with Gasteiger partial charge in [-0.2, -0.15) is 0 Å². The fraction of sp³-hybridized carbons (Fsp3) is 0.333. The summed E-state index contributed by atoms with van der Waals surface area (Å²) in [5.41, 5.74) is 4.24. The van der Waals surface area contributed by atoms with E-state index in [-0.39, 0.29) is 11.9 Å². The zero-order valence-corrected chi connectivity index (χ0v) is 12.7. The van der Waals surface area contributed by atoms with Gasteiger partial charge in [0.25, 0.3) is 5.91 Å². The van der Waals surface area contributed by atoms with E-state index < -0.39 is 0 Å². The summed E-state index contributed by atoms with van der Waals surface area (Å²) in [5.74, 6) is 0.649. The van der Waals surface area contributed by atoms with Crippen molar-refractivity contribution in [1.82, 2.24) is 19.9 Å². The Morgan fingerprint density at radius 1 is 1.26 bits per heavy atom. The van der Waals surface area contributed by atoms with Crippen molar-refractivity contribution in [3.8, 4) is 0 Å². The van der Waals surface area contributed by atoms with E-state index in [9.17, 15) is 4.79 Å². The first-order valence-corrected chi connectivity index (χ1v) is 8.20. The van der Waals surface area contributed by atoms with E-state index in [1.54, 1.807) is 6.33 Å². The number of aromatic amines is 2. The summed E-state index contributed by atoms with van der Waals surface area (Å²) in [6.45, 7) is 0.819. The number of rotatable bonds is 1. The van der Waals surface area contributed by atoms with Gasteiger partial charge in [0.1, 0.15) is 0 Å². The van der Waals surface area contributed by atoms with Crippen molar-refractivity contribution >= 4 is 16.8 Å². The molecule has 1 aliphatic heterocycles. The van der Waals surface area contributed by atoms with Crippen LogP contribution < -0.4 is 0 Å². The molecular weight excluding hydrogens is 288 g/mol. The van der Waals surface area contributed by atoms with Gasteiger partial charge in [0, 0.05) is 47.7 Å². The number of aromatic nitrogens is 3. The quantitative estimate of drug-likeness (QED) is 0.726. The SMILES string of the molecule is O=C(c1c[nH]c2ccccc12)N1CCC2CC1Cc1[nH]cnc12. The van der Waals surface area contributed by atoms with E-state index in [1.807, 2.05) is 30.5 Å². The van der Waals surface area contributed by atoms with Gasteiger partial charge in [-0.25, -0.2) is 4.98 Å². The Morgan fingerprint density at radius 2 is 2.17 bits per heavy atom. The number of nitrogens with one attached hydrogen (secondary N) is 2. The normalized spacial score (nSPS) is 23.0. The van der Waals surface area contributed by atoms with Crippen LogP contribution in [0.15, 0.2) is 36.8 Å². The molecule has 23 heavy (non-hydrogen) atoms. The zero-order valence-electron chi connectivity index (χ0n) is 12.7. The van der Waals surface area contributed by atoms with Crippen molar-refractivity contribution in [2.24, 2.45) is 0 Å². The number of likely N-dealkylation sites (tertiary alicyclic amines) is 1. The predicted octanol–water partition coefficient (Wildman–Crippen LogP) is 2.84. The third-order valence-corrected chi connectivity index (χ3v) is 5.37. The molecule has 3 heterocycles. The number of para-hydroxylation sites is 1.